The maximum absolute atomic E-state index is 10.5. The van der Waals surface area contributed by atoms with Gasteiger partial charge in [0.05, 0.1) is 12.1 Å². The van der Waals surface area contributed by atoms with Crippen LogP contribution in [0.5, 0.6) is 5.75 Å². The van der Waals surface area contributed by atoms with Gasteiger partial charge in [0, 0.05) is 0 Å². The lowest BCUT2D eigenvalue weighted by Crippen LogP contribution is -2.03. The predicted molar refractivity (Wildman–Crippen MR) is 53.2 cm³/mol. The molecule has 4 nitrogen and oxygen atoms in total. The molecule has 1 aromatic rings. The number of carboxylic acids is 1. The van der Waals surface area contributed by atoms with E-state index in [1.165, 1.54) is 6.07 Å². The zero-order valence-electron chi connectivity index (χ0n) is 7.90. The van der Waals surface area contributed by atoms with Crippen LogP contribution in [0, 0.1) is 0 Å². The number of phenols is 1. The number of carbonyl (C=O) groups is 1. The first-order chi connectivity index (χ1) is 6.50. The second kappa shape index (κ2) is 4.00. The van der Waals surface area contributed by atoms with Crippen LogP contribution in [0.25, 0.3) is 0 Å². The molecule has 1 atom stereocenters. The van der Waals surface area contributed by atoms with Gasteiger partial charge < -0.3 is 15.9 Å². The Labute approximate surface area is 82.0 Å². The molecular weight excluding hydrogens is 182 g/mol. The van der Waals surface area contributed by atoms with E-state index in [9.17, 15) is 4.79 Å². The highest BCUT2D eigenvalue weighted by Gasteiger charge is 2.11. The number of anilines is 1. The molecule has 0 saturated carbocycles. The van der Waals surface area contributed by atoms with Crippen molar-refractivity contribution in [3.63, 3.8) is 0 Å². The van der Waals surface area contributed by atoms with Gasteiger partial charge in [-0.3, -0.25) is 4.79 Å². The Bertz CT molecular complexity index is 349. The first kappa shape index (κ1) is 10.4. The van der Waals surface area contributed by atoms with Crippen LogP contribution in [-0.2, 0) is 4.79 Å². The van der Waals surface area contributed by atoms with Crippen LogP contribution in [0.3, 0.4) is 0 Å². The van der Waals surface area contributed by atoms with E-state index in [4.69, 9.17) is 15.9 Å². The summed E-state index contributed by atoms with van der Waals surface area (Å²) in [7, 11) is 0. The summed E-state index contributed by atoms with van der Waals surface area (Å²) < 4.78 is 0. The molecule has 4 heteroatoms. The van der Waals surface area contributed by atoms with E-state index < -0.39 is 5.97 Å². The highest BCUT2D eigenvalue weighted by molar-refractivity contribution is 5.68. The number of phenolic OH excluding ortho intramolecular Hbond substituents is 1. The second-order valence-electron chi connectivity index (χ2n) is 3.32. The summed E-state index contributed by atoms with van der Waals surface area (Å²) in [5.41, 5.74) is 6.59. The van der Waals surface area contributed by atoms with Crippen molar-refractivity contribution in [1.29, 1.82) is 0 Å². The Hall–Kier alpha value is -1.71. The topological polar surface area (TPSA) is 83.5 Å². The SMILES string of the molecule is CC(CC(=O)O)c1ccc(O)c(N)c1. The lowest BCUT2D eigenvalue weighted by atomic mass is 9.97. The first-order valence-corrected chi connectivity index (χ1v) is 4.31. The van der Waals surface area contributed by atoms with Gasteiger partial charge in [-0.05, 0) is 23.6 Å². The summed E-state index contributed by atoms with van der Waals surface area (Å²) in [4.78, 5) is 10.5. The number of hydrogen-bond acceptors (Lipinski definition) is 3. The molecule has 1 aromatic carbocycles. The summed E-state index contributed by atoms with van der Waals surface area (Å²) in [6.45, 7) is 1.81. The second-order valence-corrected chi connectivity index (χ2v) is 3.32. The smallest absolute Gasteiger partial charge is 0.303 e. The summed E-state index contributed by atoms with van der Waals surface area (Å²) >= 11 is 0. The van der Waals surface area contributed by atoms with Gasteiger partial charge in [-0.1, -0.05) is 13.0 Å². The Morgan fingerprint density at radius 2 is 2.21 bits per heavy atom. The van der Waals surface area contributed by atoms with E-state index in [-0.39, 0.29) is 23.8 Å². The lowest BCUT2D eigenvalue weighted by molar-refractivity contribution is -0.137. The number of aromatic hydroxyl groups is 1. The third-order valence-electron chi connectivity index (χ3n) is 2.10. The highest BCUT2D eigenvalue weighted by atomic mass is 16.4. The van der Waals surface area contributed by atoms with Crippen LogP contribution >= 0.6 is 0 Å². The molecule has 0 spiro atoms. The largest absolute Gasteiger partial charge is 0.506 e. The normalized spacial score (nSPS) is 12.4. The summed E-state index contributed by atoms with van der Waals surface area (Å²) in [5, 5.41) is 17.8. The Kier molecular flexibility index (Phi) is 2.96. The molecule has 0 aliphatic heterocycles. The summed E-state index contributed by atoms with van der Waals surface area (Å²) in [6.07, 6.45) is 0.0597. The average Bonchev–Trinajstić information content (AvgIpc) is 2.08. The van der Waals surface area contributed by atoms with Crippen molar-refractivity contribution >= 4 is 11.7 Å². The van der Waals surface area contributed by atoms with Crippen LogP contribution in [0.1, 0.15) is 24.8 Å². The van der Waals surface area contributed by atoms with Gasteiger partial charge in [-0.15, -0.1) is 0 Å². The molecule has 0 bridgehead atoms. The standard InChI is InChI=1S/C10H13NO3/c1-6(4-10(13)14)7-2-3-9(12)8(11)5-7/h2-3,5-6,12H,4,11H2,1H3,(H,13,14). The third-order valence-corrected chi connectivity index (χ3v) is 2.10. The van der Waals surface area contributed by atoms with E-state index in [1.807, 2.05) is 0 Å². The van der Waals surface area contributed by atoms with Crippen LogP contribution in [0.15, 0.2) is 18.2 Å². The van der Waals surface area contributed by atoms with Crippen molar-refractivity contribution in [2.45, 2.75) is 19.3 Å². The average molecular weight is 195 g/mol. The Balaban J connectivity index is 2.85. The number of nitrogen functional groups attached to an aromatic ring is 1. The van der Waals surface area contributed by atoms with E-state index in [0.717, 1.165) is 5.56 Å². The number of benzene rings is 1. The van der Waals surface area contributed by atoms with Crippen molar-refractivity contribution < 1.29 is 15.0 Å². The minimum Gasteiger partial charge on any atom is -0.506 e. The van der Waals surface area contributed by atoms with Crippen molar-refractivity contribution in [3.05, 3.63) is 23.8 Å². The van der Waals surface area contributed by atoms with E-state index in [0.29, 0.717) is 0 Å². The summed E-state index contributed by atoms with van der Waals surface area (Å²) in [6, 6.07) is 4.76. The quantitative estimate of drug-likeness (QED) is 0.504. The van der Waals surface area contributed by atoms with Gasteiger partial charge >= 0.3 is 5.97 Å². The fraction of sp³-hybridized carbons (Fsp3) is 0.300. The van der Waals surface area contributed by atoms with Crippen molar-refractivity contribution in [3.8, 4) is 5.75 Å². The van der Waals surface area contributed by atoms with E-state index in [2.05, 4.69) is 0 Å². The van der Waals surface area contributed by atoms with Gasteiger partial charge in [0.2, 0.25) is 0 Å². The molecule has 0 aliphatic carbocycles. The highest BCUT2D eigenvalue weighted by Crippen LogP contribution is 2.26. The van der Waals surface area contributed by atoms with Gasteiger partial charge in [0.25, 0.3) is 0 Å². The number of aliphatic carboxylic acids is 1. The molecule has 14 heavy (non-hydrogen) atoms. The molecular formula is C10H13NO3. The molecule has 0 aromatic heterocycles. The number of rotatable bonds is 3. The van der Waals surface area contributed by atoms with E-state index in [1.54, 1.807) is 19.1 Å². The Morgan fingerprint density at radius 3 is 2.71 bits per heavy atom. The minimum atomic E-state index is -0.843. The molecule has 0 saturated heterocycles. The molecule has 76 valence electrons. The van der Waals surface area contributed by atoms with Crippen LogP contribution in [0.2, 0.25) is 0 Å². The van der Waals surface area contributed by atoms with Crippen molar-refractivity contribution in [1.82, 2.24) is 0 Å². The van der Waals surface area contributed by atoms with Crippen LogP contribution in [-0.4, -0.2) is 16.2 Å². The van der Waals surface area contributed by atoms with Crippen molar-refractivity contribution in [2.24, 2.45) is 0 Å². The zero-order chi connectivity index (χ0) is 10.7. The molecule has 0 amide bonds. The maximum Gasteiger partial charge on any atom is 0.303 e. The Morgan fingerprint density at radius 1 is 1.57 bits per heavy atom. The molecule has 0 radical (unpaired) electrons. The minimum absolute atomic E-state index is 0.0243. The van der Waals surface area contributed by atoms with Crippen molar-refractivity contribution in [2.75, 3.05) is 5.73 Å². The molecule has 1 rings (SSSR count). The van der Waals surface area contributed by atoms with Crippen LogP contribution in [0.4, 0.5) is 5.69 Å². The predicted octanol–water partition coefficient (Wildman–Crippen LogP) is 1.55. The fourth-order valence-electron chi connectivity index (χ4n) is 1.26. The number of nitrogens with two attached hydrogens (primary N) is 1. The molecule has 1 unspecified atom stereocenters. The molecule has 0 fully saturated rings. The van der Waals surface area contributed by atoms with E-state index >= 15 is 0 Å². The summed E-state index contributed by atoms with van der Waals surface area (Å²) in [5.74, 6) is -0.921. The molecule has 4 N–H and O–H groups in total. The fourth-order valence-corrected chi connectivity index (χ4v) is 1.26. The number of hydrogen-bond donors (Lipinski definition) is 3. The number of carboxylic acid groups (broad SMARTS) is 1. The van der Waals surface area contributed by atoms with Gasteiger partial charge in [0.15, 0.2) is 0 Å². The van der Waals surface area contributed by atoms with Gasteiger partial charge in [-0.2, -0.15) is 0 Å². The first-order valence-electron chi connectivity index (χ1n) is 4.31. The third kappa shape index (κ3) is 2.39. The van der Waals surface area contributed by atoms with Gasteiger partial charge in [0.1, 0.15) is 5.75 Å². The lowest BCUT2D eigenvalue weighted by Gasteiger charge is -2.10. The maximum atomic E-state index is 10.5. The zero-order valence-corrected chi connectivity index (χ0v) is 7.90. The monoisotopic (exact) mass is 195 g/mol. The van der Waals surface area contributed by atoms with Crippen LogP contribution < -0.4 is 5.73 Å². The van der Waals surface area contributed by atoms with Gasteiger partial charge in [-0.25, -0.2) is 0 Å². The molecule has 0 aliphatic rings. The molecule has 0 heterocycles.